The van der Waals surface area contributed by atoms with Gasteiger partial charge in [-0.2, -0.15) is 0 Å². The molecule has 0 radical (unpaired) electrons. The molecule has 98 valence electrons. The Hall–Kier alpha value is -0.840. The van der Waals surface area contributed by atoms with Crippen molar-refractivity contribution in [2.75, 3.05) is 32.7 Å². The largest absolute Gasteiger partial charge is 0.469 e. The summed E-state index contributed by atoms with van der Waals surface area (Å²) in [6.07, 6.45) is 2.25. The number of nitrogens with one attached hydrogen (secondary N) is 1. The first-order valence-corrected chi connectivity index (χ1v) is 6.39. The van der Waals surface area contributed by atoms with E-state index < -0.39 is 0 Å². The van der Waals surface area contributed by atoms with E-state index in [9.17, 15) is 5.11 Å². The fraction of sp³-hybridized carbons (Fsp3) is 0.692. The van der Waals surface area contributed by atoms with Crippen molar-refractivity contribution in [2.24, 2.45) is 0 Å². The summed E-state index contributed by atoms with van der Waals surface area (Å²) in [5.41, 5.74) is 0. The van der Waals surface area contributed by atoms with Crippen molar-refractivity contribution < 1.29 is 9.52 Å². The average molecular weight is 240 g/mol. The summed E-state index contributed by atoms with van der Waals surface area (Å²) in [5.74, 6) is 0.982. The van der Waals surface area contributed by atoms with Gasteiger partial charge in [0.05, 0.1) is 12.4 Å². The predicted molar refractivity (Wildman–Crippen MR) is 69.1 cm³/mol. The quantitative estimate of drug-likeness (QED) is 0.635. The lowest BCUT2D eigenvalue weighted by Gasteiger charge is -2.21. The van der Waals surface area contributed by atoms with E-state index >= 15 is 0 Å². The molecule has 1 atom stereocenters. The van der Waals surface area contributed by atoms with Gasteiger partial charge >= 0.3 is 0 Å². The Balaban J connectivity index is 2.05. The molecular formula is C13H24N2O2. The van der Waals surface area contributed by atoms with Gasteiger partial charge in [-0.1, -0.05) is 13.8 Å². The topological polar surface area (TPSA) is 48.6 Å². The molecule has 0 saturated heterocycles. The molecule has 0 fully saturated rings. The highest BCUT2D eigenvalue weighted by atomic mass is 16.3. The first-order valence-electron chi connectivity index (χ1n) is 6.39. The molecule has 0 aromatic carbocycles. The second-order valence-corrected chi connectivity index (χ2v) is 4.17. The number of aliphatic hydroxyl groups excluding tert-OH is 1. The van der Waals surface area contributed by atoms with Gasteiger partial charge < -0.3 is 19.7 Å². The standard InChI is InChI=1S/C13H24N2O2/c1-3-15(4-2)11-12(16)10-14-8-7-13-6-5-9-17-13/h5-6,9,12,14,16H,3-4,7-8,10-11H2,1-2H3. The molecule has 0 aliphatic rings. The van der Waals surface area contributed by atoms with Gasteiger partial charge in [0.1, 0.15) is 5.76 Å². The molecule has 0 saturated carbocycles. The molecule has 0 spiro atoms. The molecule has 0 aliphatic carbocycles. The van der Waals surface area contributed by atoms with E-state index in [0.29, 0.717) is 6.54 Å². The van der Waals surface area contributed by atoms with Gasteiger partial charge in [-0.3, -0.25) is 0 Å². The van der Waals surface area contributed by atoms with Crippen LogP contribution in [0.3, 0.4) is 0 Å². The second kappa shape index (κ2) is 8.28. The SMILES string of the molecule is CCN(CC)CC(O)CNCCc1ccco1. The fourth-order valence-corrected chi connectivity index (χ4v) is 1.78. The third-order valence-corrected chi connectivity index (χ3v) is 2.87. The summed E-state index contributed by atoms with van der Waals surface area (Å²) in [6, 6.07) is 3.86. The summed E-state index contributed by atoms with van der Waals surface area (Å²) in [7, 11) is 0. The number of hydrogen-bond acceptors (Lipinski definition) is 4. The van der Waals surface area contributed by atoms with Crippen LogP contribution in [0.1, 0.15) is 19.6 Å². The lowest BCUT2D eigenvalue weighted by molar-refractivity contribution is 0.117. The van der Waals surface area contributed by atoms with Crippen molar-refractivity contribution >= 4 is 0 Å². The molecule has 2 N–H and O–H groups in total. The Morgan fingerprint density at radius 2 is 2.18 bits per heavy atom. The minimum absolute atomic E-state index is 0.300. The Bertz CT molecular complexity index is 271. The summed E-state index contributed by atoms with van der Waals surface area (Å²) in [6.45, 7) is 8.40. The van der Waals surface area contributed by atoms with E-state index in [1.807, 2.05) is 12.1 Å². The van der Waals surface area contributed by atoms with Crippen molar-refractivity contribution in [2.45, 2.75) is 26.4 Å². The molecule has 1 unspecified atom stereocenters. The van der Waals surface area contributed by atoms with E-state index in [2.05, 4.69) is 24.1 Å². The lowest BCUT2D eigenvalue weighted by atomic mass is 10.3. The molecule has 1 heterocycles. The maximum Gasteiger partial charge on any atom is 0.105 e. The number of hydrogen-bond donors (Lipinski definition) is 2. The van der Waals surface area contributed by atoms with Crippen molar-refractivity contribution in [1.82, 2.24) is 10.2 Å². The molecule has 4 nitrogen and oxygen atoms in total. The van der Waals surface area contributed by atoms with Crippen molar-refractivity contribution in [3.8, 4) is 0 Å². The van der Waals surface area contributed by atoms with E-state index in [1.54, 1.807) is 6.26 Å². The van der Waals surface area contributed by atoms with Crippen LogP contribution >= 0.6 is 0 Å². The first-order chi connectivity index (χ1) is 8.26. The first kappa shape index (κ1) is 14.2. The zero-order chi connectivity index (χ0) is 12.5. The van der Waals surface area contributed by atoms with Gasteiger partial charge in [0.25, 0.3) is 0 Å². The summed E-state index contributed by atoms with van der Waals surface area (Å²) in [5, 5.41) is 13.1. The molecular weight excluding hydrogens is 216 g/mol. The van der Waals surface area contributed by atoms with Gasteiger partial charge in [-0.05, 0) is 25.2 Å². The van der Waals surface area contributed by atoms with E-state index in [-0.39, 0.29) is 6.10 Å². The summed E-state index contributed by atoms with van der Waals surface area (Å²) >= 11 is 0. The van der Waals surface area contributed by atoms with Crippen LogP contribution in [0.4, 0.5) is 0 Å². The van der Waals surface area contributed by atoms with Crippen LogP contribution in [0, 0.1) is 0 Å². The monoisotopic (exact) mass is 240 g/mol. The van der Waals surface area contributed by atoms with Gasteiger partial charge in [0, 0.05) is 26.1 Å². The molecule has 1 aromatic rings. The molecule has 1 aromatic heterocycles. The smallest absolute Gasteiger partial charge is 0.105 e. The Morgan fingerprint density at radius 1 is 1.41 bits per heavy atom. The van der Waals surface area contributed by atoms with Crippen LogP contribution in [0.25, 0.3) is 0 Å². The third kappa shape index (κ3) is 5.86. The van der Waals surface area contributed by atoms with Crippen LogP contribution in [0.2, 0.25) is 0 Å². The Morgan fingerprint density at radius 3 is 2.76 bits per heavy atom. The minimum atomic E-state index is -0.300. The summed E-state index contributed by atoms with van der Waals surface area (Å²) < 4.78 is 5.23. The number of furan rings is 1. The average Bonchev–Trinajstić information content (AvgIpc) is 2.84. The van der Waals surface area contributed by atoms with Crippen LogP contribution in [0.5, 0.6) is 0 Å². The molecule has 0 aliphatic heterocycles. The highest BCUT2D eigenvalue weighted by Gasteiger charge is 2.08. The zero-order valence-corrected chi connectivity index (χ0v) is 10.9. The van der Waals surface area contributed by atoms with E-state index in [1.165, 1.54) is 0 Å². The van der Waals surface area contributed by atoms with Gasteiger partial charge in [0.2, 0.25) is 0 Å². The van der Waals surface area contributed by atoms with Gasteiger partial charge in [0.15, 0.2) is 0 Å². The maximum atomic E-state index is 9.81. The molecule has 1 rings (SSSR count). The van der Waals surface area contributed by atoms with Crippen LogP contribution in [-0.4, -0.2) is 48.8 Å². The molecule has 0 amide bonds. The van der Waals surface area contributed by atoms with Crippen molar-refractivity contribution in [1.29, 1.82) is 0 Å². The van der Waals surface area contributed by atoms with E-state index in [4.69, 9.17) is 4.42 Å². The third-order valence-electron chi connectivity index (χ3n) is 2.87. The summed E-state index contributed by atoms with van der Waals surface area (Å²) in [4.78, 5) is 2.22. The highest BCUT2D eigenvalue weighted by Crippen LogP contribution is 1.99. The minimum Gasteiger partial charge on any atom is -0.469 e. The maximum absolute atomic E-state index is 9.81. The van der Waals surface area contributed by atoms with Gasteiger partial charge in [-0.15, -0.1) is 0 Å². The van der Waals surface area contributed by atoms with Gasteiger partial charge in [-0.25, -0.2) is 0 Å². The highest BCUT2D eigenvalue weighted by molar-refractivity contribution is 4.98. The van der Waals surface area contributed by atoms with E-state index in [0.717, 1.165) is 38.4 Å². The Kier molecular flexibility index (Phi) is 6.93. The lowest BCUT2D eigenvalue weighted by Crippen LogP contribution is -2.38. The number of nitrogens with zero attached hydrogens (tertiary/aromatic N) is 1. The predicted octanol–water partition coefficient (Wildman–Crippen LogP) is 1.11. The number of aliphatic hydroxyl groups is 1. The zero-order valence-electron chi connectivity index (χ0n) is 10.9. The molecule has 17 heavy (non-hydrogen) atoms. The van der Waals surface area contributed by atoms with Crippen molar-refractivity contribution in [3.63, 3.8) is 0 Å². The van der Waals surface area contributed by atoms with Crippen molar-refractivity contribution in [3.05, 3.63) is 24.2 Å². The number of rotatable bonds is 9. The normalized spacial score (nSPS) is 13.2. The fourth-order valence-electron chi connectivity index (χ4n) is 1.78. The van der Waals surface area contributed by atoms with Crippen LogP contribution < -0.4 is 5.32 Å². The van der Waals surface area contributed by atoms with Crippen LogP contribution in [0.15, 0.2) is 22.8 Å². The number of likely N-dealkylation sites (N-methyl/N-ethyl adjacent to an activating group) is 1. The van der Waals surface area contributed by atoms with Crippen LogP contribution in [-0.2, 0) is 6.42 Å². The second-order valence-electron chi connectivity index (χ2n) is 4.17. The molecule has 0 bridgehead atoms. The molecule has 4 heteroatoms. The Labute approximate surface area is 104 Å².